The number of carboxylic acid groups (broad SMARTS) is 1. The van der Waals surface area contributed by atoms with E-state index in [-0.39, 0.29) is 0 Å². The third kappa shape index (κ3) is 2.09. The van der Waals surface area contributed by atoms with Crippen LogP contribution in [0.1, 0.15) is 39.5 Å². The molecule has 2 fully saturated rings. The molecule has 2 aliphatic rings. The van der Waals surface area contributed by atoms with E-state index in [9.17, 15) is 4.79 Å². The fraction of sp³-hybridized carbons (Fsp3) is 0.917. The molecular weight excluding hydrogens is 204 g/mol. The predicted molar refractivity (Wildman–Crippen MR) is 62.1 cm³/mol. The van der Waals surface area contributed by atoms with Gasteiger partial charge >= 0.3 is 5.97 Å². The number of carboxylic acids is 1. The van der Waals surface area contributed by atoms with Gasteiger partial charge in [0.15, 0.2) is 0 Å². The molecular formula is C12H22N2O2. The van der Waals surface area contributed by atoms with Crippen molar-refractivity contribution < 1.29 is 9.90 Å². The summed E-state index contributed by atoms with van der Waals surface area (Å²) >= 11 is 0. The number of piperidine rings is 1. The number of fused-ring (bicyclic) bond motifs is 2. The molecule has 0 radical (unpaired) electrons. The van der Waals surface area contributed by atoms with Crippen molar-refractivity contribution >= 4 is 5.97 Å². The van der Waals surface area contributed by atoms with Gasteiger partial charge in [-0.2, -0.15) is 0 Å². The van der Waals surface area contributed by atoms with E-state index in [1.54, 1.807) is 0 Å². The fourth-order valence-corrected chi connectivity index (χ4v) is 3.10. The van der Waals surface area contributed by atoms with Crippen molar-refractivity contribution in [3.05, 3.63) is 0 Å². The third-order valence-electron chi connectivity index (χ3n) is 4.08. The maximum Gasteiger partial charge on any atom is 0.310 e. The summed E-state index contributed by atoms with van der Waals surface area (Å²) < 4.78 is 0. The lowest BCUT2D eigenvalue weighted by atomic mass is 9.89. The molecule has 3 N–H and O–H groups in total. The number of hydrogen-bond donors (Lipinski definition) is 2. The normalized spacial score (nSPS) is 35.3. The van der Waals surface area contributed by atoms with Crippen molar-refractivity contribution in [1.82, 2.24) is 4.90 Å². The molecule has 0 aromatic rings. The highest BCUT2D eigenvalue weighted by Crippen LogP contribution is 2.37. The van der Waals surface area contributed by atoms with Crippen LogP contribution in [-0.4, -0.2) is 40.6 Å². The van der Waals surface area contributed by atoms with Crippen LogP contribution in [0.4, 0.5) is 0 Å². The molecule has 0 aromatic heterocycles. The highest BCUT2D eigenvalue weighted by atomic mass is 16.4. The van der Waals surface area contributed by atoms with Gasteiger partial charge in [-0.1, -0.05) is 0 Å². The molecule has 2 saturated heterocycles. The standard InChI is InChI=1S/C12H22N2O2/c1-12(2,11(15)16)7-14-9-3-4-10(14)6-8(13)5-9/h8-10H,3-7,13H2,1-2H3,(H,15,16). The number of aliphatic carboxylic acids is 1. The topological polar surface area (TPSA) is 66.6 Å². The van der Waals surface area contributed by atoms with Gasteiger partial charge in [-0.3, -0.25) is 9.69 Å². The van der Waals surface area contributed by atoms with Gasteiger partial charge in [0.1, 0.15) is 0 Å². The van der Waals surface area contributed by atoms with E-state index in [1.807, 2.05) is 13.8 Å². The summed E-state index contributed by atoms with van der Waals surface area (Å²) in [5, 5.41) is 9.17. The number of nitrogens with two attached hydrogens (primary N) is 1. The molecule has 0 spiro atoms. The van der Waals surface area contributed by atoms with E-state index < -0.39 is 11.4 Å². The molecule has 4 nitrogen and oxygen atoms in total. The Bertz CT molecular complexity index is 277. The second kappa shape index (κ2) is 4.00. The van der Waals surface area contributed by atoms with Gasteiger partial charge in [-0.25, -0.2) is 0 Å². The van der Waals surface area contributed by atoms with Crippen LogP contribution in [0, 0.1) is 5.41 Å². The van der Waals surface area contributed by atoms with E-state index in [1.165, 1.54) is 12.8 Å². The Morgan fingerprint density at radius 1 is 1.38 bits per heavy atom. The zero-order chi connectivity index (χ0) is 11.9. The molecule has 2 unspecified atom stereocenters. The van der Waals surface area contributed by atoms with Crippen LogP contribution in [0.25, 0.3) is 0 Å². The van der Waals surface area contributed by atoms with Gasteiger partial charge in [0.05, 0.1) is 5.41 Å². The molecule has 0 aromatic carbocycles. The summed E-state index contributed by atoms with van der Waals surface area (Å²) in [5.74, 6) is -0.707. The van der Waals surface area contributed by atoms with Crippen LogP contribution >= 0.6 is 0 Å². The summed E-state index contributed by atoms with van der Waals surface area (Å²) in [7, 11) is 0. The Balaban J connectivity index is 2.04. The molecule has 92 valence electrons. The van der Waals surface area contributed by atoms with E-state index >= 15 is 0 Å². The van der Waals surface area contributed by atoms with Crippen LogP contribution < -0.4 is 5.73 Å². The van der Waals surface area contributed by atoms with Gasteiger partial charge in [0.25, 0.3) is 0 Å². The Kier molecular flexibility index (Phi) is 2.97. The summed E-state index contributed by atoms with van der Waals surface area (Å²) in [6.07, 6.45) is 4.44. The first kappa shape index (κ1) is 11.9. The van der Waals surface area contributed by atoms with Crippen molar-refractivity contribution in [2.24, 2.45) is 11.1 Å². The molecule has 0 aliphatic carbocycles. The van der Waals surface area contributed by atoms with Gasteiger partial charge < -0.3 is 10.8 Å². The molecule has 0 saturated carbocycles. The average molecular weight is 226 g/mol. The number of nitrogens with zero attached hydrogens (tertiary/aromatic N) is 1. The van der Waals surface area contributed by atoms with Gasteiger partial charge in [-0.15, -0.1) is 0 Å². The molecule has 2 aliphatic heterocycles. The average Bonchev–Trinajstić information content (AvgIpc) is 2.43. The van der Waals surface area contributed by atoms with Crippen LogP contribution in [-0.2, 0) is 4.79 Å². The largest absolute Gasteiger partial charge is 0.481 e. The Labute approximate surface area is 96.8 Å². The van der Waals surface area contributed by atoms with Crippen LogP contribution in [0.5, 0.6) is 0 Å². The highest BCUT2D eigenvalue weighted by Gasteiger charge is 2.43. The molecule has 2 rings (SSSR count). The maximum atomic E-state index is 11.1. The van der Waals surface area contributed by atoms with E-state index in [0.717, 1.165) is 12.8 Å². The predicted octanol–water partition coefficient (Wildman–Crippen LogP) is 1.05. The lowest BCUT2D eigenvalue weighted by Crippen LogP contribution is -2.51. The van der Waals surface area contributed by atoms with Crippen molar-refractivity contribution in [1.29, 1.82) is 0 Å². The fourth-order valence-electron chi connectivity index (χ4n) is 3.10. The molecule has 2 heterocycles. The van der Waals surface area contributed by atoms with Crippen molar-refractivity contribution in [2.75, 3.05) is 6.54 Å². The number of rotatable bonds is 3. The zero-order valence-electron chi connectivity index (χ0n) is 10.1. The summed E-state index contributed by atoms with van der Waals surface area (Å²) in [5.41, 5.74) is 5.35. The lowest BCUT2D eigenvalue weighted by Gasteiger charge is -2.40. The van der Waals surface area contributed by atoms with Crippen molar-refractivity contribution in [2.45, 2.75) is 57.7 Å². The number of carbonyl (C=O) groups is 1. The minimum absolute atomic E-state index is 0.321. The lowest BCUT2D eigenvalue weighted by molar-refractivity contribution is -0.148. The van der Waals surface area contributed by atoms with Gasteiger partial charge in [-0.05, 0) is 39.5 Å². The number of hydrogen-bond acceptors (Lipinski definition) is 3. The first-order valence-electron chi connectivity index (χ1n) is 6.15. The Morgan fingerprint density at radius 2 is 1.88 bits per heavy atom. The molecule has 2 bridgehead atoms. The van der Waals surface area contributed by atoms with Crippen LogP contribution in [0.2, 0.25) is 0 Å². The van der Waals surface area contributed by atoms with Gasteiger partial charge in [0.2, 0.25) is 0 Å². The van der Waals surface area contributed by atoms with Gasteiger partial charge in [0, 0.05) is 24.7 Å². The minimum atomic E-state index is -0.707. The summed E-state index contributed by atoms with van der Waals surface area (Å²) in [6.45, 7) is 4.27. The molecule has 0 amide bonds. The monoisotopic (exact) mass is 226 g/mol. The van der Waals surface area contributed by atoms with Crippen molar-refractivity contribution in [3.8, 4) is 0 Å². The van der Waals surface area contributed by atoms with Crippen LogP contribution in [0.15, 0.2) is 0 Å². The summed E-state index contributed by atoms with van der Waals surface area (Å²) in [4.78, 5) is 13.5. The van der Waals surface area contributed by atoms with Crippen LogP contribution in [0.3, 0.4) is 0 Å². The minimum Gasteiger partial charge on any atom is -0.481 e. The quantitative estimate of drug-likeness (QED) is 0.755. The van der Waals surface area contributed by atoms with E-state index in [0.29, 0.717) is 24.7 Å². The Hall–Kier alpha value is -0.610. The Morgan fingerprint density at radius 3 is 2.31 bits per heavy atom. The van der Waals surface area contributed by atoms with Crippen molar-refractivity contribution in [3.63, 3.8) is 0 Å². The first-order valence-corrected chi connectivity index (χ1v) is 6.15. The second-order valence-electron chi connectivity index (χ2n) is 5.98. The van der Waals surface area contributed by atoms with E-state index in [4.69, 9.17) is 10.8 Å². The molecule has 2 atom stereocenters. The smallest absolute Gasteiger partial charge is 0.310 e. The zero-order valence-corrected chi connectivity index (χ0v) is 10.1. The second-order valence-corrected chi connectivity index (χ2v) is 5.98. The first-order chi connectivity index (χ1) is 7.40. The maximum absolute atomic E-state index is 11.1. The summed E-state index contributed by atoms with van der Waals surface area (Å²) in [6, 6.07) is 1.36. The highest BCUT2D eigenvalue weighted by molar-refractivity contribution is 5.73. The molecule has 4 heteroatoms. The van der Waals surface area contributed by atoms with E-state index in [2.05, 4.69) is 4.90 Å². The molecule has 16 heavy (non-hydrogen) atoms. The third-order valence-corrected chi connectivity index (χ3v) is 4.08. The SMILES string of the molecule is CC(C)(CN1C2CCC1CC(N)C2)C(=O)O.